The number of rotatable bonds is 2. The van der Waals surface area contributed by atoms with Gasteiger partial charge in [0.25, 0.3) is 0 Å². The Balaban J connectivity index is 2.75. The number of fused-ring (bicyclic) bond motifs is 1. The molecule has 0 aliphatic heterocycles. The molecular weight excluding hydrogens is 204 g/mol. The number of hydrogen-bond donors (Lipinski definition) is 0. The van der Waals surface area contributed by atoms with Gasteiger partial charge in [0.05, 0.1) is 0 Å². The van der Waals surface area contributed by atoms with Crippen molar-refractivity contribution in [3.8, 4) is 0 Å². The number of oxazole rings is 1. The lowest BCUT2D eigenvalue weighted by Gasteiger charge is -2.07. The Hall–Kier alpha value is -1.58. The molecule has 0 aliphatic rings. The van der Waals surface area contributed by atoms with Crippen molar-refractivity contribution in [2.24, 2.45) is 0 Å². The fraction of sp³-hybridized carbons (Fsp3) is 0.500. The molecule has 0 radical (unpaired) electrons. The van der Waals surface area contributed by atoms with E-state index >= 15 is 0 Å². The van der Waals surface area contributed by atoms with Gasteiger partial charge in [0.2, 0.25) is 0 Å². The van der Waals surface area contributed by atoms with E-state index in [1.54, 1.807) is 4.57 Å². The third-order valence-electron chi connectivity index (χ3n) is 2.59. The summed E-state index contributed by atoms with van der Waals surface area (Å²) in [6.45, 7) is 8.04. The molecule has 0 spiro atoms. The lowest BCUT2D eigenvalue weighted by Crippen LogP contribution is -2.16. The molecule has 2 aromatic heterocycles. The van der Waals surface area contributed by atoms with Crippen LogP contribution in [-0.4, -0.2) is 9.55 Å². The first-order valence-corrected chi connectivity index (χ1v) is 5.52. The summed E-state index contributed by atoms with van der Waals surface area (Å²) in [6, 6.07) is 3.78. The largest absolute Gasteiger partial charge is 0.421 e. The molecule has 0 saturated carbocycles. The minimum absolute atomic E-state index is 0.0589. The first kappa shape index (κ1) is 10.9. The molecule has 0 N–H and O–H groups in total. The zero-order chi connectivity index (χ0) is 11.9. The Morgan fingerprint density at radius 3 is 2.50 bits per heavy atom. The van der Waals surface area contributed by atoms with Crippen molar-refractivity contribution in [1.29, 1.82) is 0 Å². The van der Waals surface area contributed by atoms with Gasteiger partial charge in [-0.2, -0.15) is 0 Å². The van der Waals surface area contributed by atoms with Crippen LogP contribution in [0.3, 0.4) is 0 Å². The van der Waals surface area contributed by atoms with Gasteiger partial charge in [0.1, 0.15) is 0 Å². The fourth-order valence-electron chi connectivity index (χ4n) is 1.71. The molecule has 2 heterocycles. The van der Waals surface area contributed by atoms with E-state index in [0.717, 1.165) is 5.69 Å². The third-order valence-corrected chi connectivity index (χ3v) is 2.59. The van der Waals surface area contributed by atoms with Gasteiger partial charge in [-0.3, -0.25) is 4.57 Å². The Kier molecular flexibility index (Phi) is 2.58. The second-order valence-electron chi connectivity index (χ2n) is 4.54. The molecule has 4 heteroatoms. The fourth-order valence-corrected chi connectivity index (χ4v) is 1.71. The van der Waals surface area contributed by atoms with Gasteiger partial charge in [0.15, 0.2) is 11.2 Å². The van der Waals surface area contributed by atoms with Crippen LogP contribution >= 0.6 is 0 Å². The van der Waals surface area contributed by atoms with E-state index in [-0.39, 0.29) is 11.8 Å². The van der Waals surface area contributed by atoms with Gasteiger partial charge in [-0.25, -0.2) is 9.78 Å². The number of aromatic nitrogens is 2. The Morgan fingerprint density at radius 2 is 1.94 bits per heavy atom. The van der Waals surface area contributed by atoms with Crippen LogP contribution in [0, 0.1) is 0 Å². The zero-order valence-corrected chi connectivity index (χ0v) is 10.0. The summed E-state index contributed by atoms with van der Waals surface area (Å²) in [6.07, 6.45) is 0. The van der Waals surface area contributed by atoms with E-state index in [1.807, 2.05) is 26.0 Å². The van der Waals surface area contributed by atoms with Crippen molar-refractivity contribution in [3.05, 3.63) is 28.4 Å². The topological polar surface area (TPSA) is 48.0 Å². The van der Waals surface area contributed by atoms with E-state index in [0.29, 0.717) is 17.1 Å². The molecule has 0 aliphatic carbocycles. The molecule has 0 aromatic carbocycles. The van der Waals surface area contributed by atoms with E-state index < -0.39 is 0 Å². The maximum Gasteiger partial charge on any atom is 0.421 e. The molecular formula is C12H16N2O2. The maximum atomic E-state index is 11.6. The number of hydrogen-bond acceptors (Lipinski definition) is 3. The Labute approximate surface area is 93.9 Å². The highest BCUT2D eigenvalue weighted by Crippen LogP contribution is 2.18. The first-order chi connectivity index (χ1) is 7.50. The normalized spacial score (nSPS) is 11.9. The van der Waals surface area contributed by atoms with E-state index in [2.05, 4.69) is 18.8 Å². The standard InChI is InChI=1S/C12H16N2O2/c1-7(2)9-5-6-10-11(13-9)14(8(3)4)12(15)16-10/h5-8H,1-4H3. The van der Waals surface area contributed by atoms with Crippen molar-refractivity contribution in [1.82, 2.24) is 9.55 Å². The molecule has 0 fully saturated rings. The molecule has 16 heavy (non-hydrogen) atoms. The van der Waals surface area contributed by atoms with Crippen LogP contribution in [0.2, 0.25) is 0 Å². The molecule has 2 aromatic rings. The van der Waals surface area contributed by atoms with Gasteiger partial charge >= 0.3 is 5.76 Å². The molecule has 4 nitrogen and oxygen atoms in total. The lowest BCUT2D eigenvalue weighted by molar-refractivity contribution is 0.477. The van der Waals surface area contributed by atoms with Gasteiger partial charge in [-0.05, 0) is 31.9 Å². The molecule has 0 amide bonds. The molecule has 0 saturated heterocycles. The average molecular weight is 220 g/mol. The smallest absolute Gasteiger partial charge is 0.406 e. The highest BCUT2D eigenvalue weighted by molar-refractivity contribution is 5.68. The quantitative estimate of drug-likeness (QED) is 0.781. The molecule has 0 atom stereocenters. The van der Waals surface area contributed by atoms with Crippen molar-refractivity contribution in [2.75, 3.05) is 0 Å². The van der Waals surface area contributed by atoms with Crippen molar-refractivity contribution in [2.45, 2.75) is 39.7 Å². The predicted octanol–water partition coefficient (Wildman–Crippen LogP) is 2.69. The summed E-state index contributed by atoms with van der Waals surface area (Å²) in [4.78, 5) is 16.1. The van der Waals surface area contributed by atoms with Crippen LogP contribution in [-0.2, 0) is 0 Å². The van der Waals surface area contributed by atoms with E-state index in [1.165, 1.54) is 0 Å². The first-order valence-electron chi connectivity index (χ1n) is 5.52. The molecule has 0 unspecified atom stereocenters. The van der Waals surface area contributed by atoms with Gasteiger partial charge < -0.3 is 4.42 Å². The van der Waals surface area contributed by atoms with Crippen molar-refractivity contribution in [3.63, 3.8) is 0 Å². The number of pyridine rings is 1. The molecule has 86 valence electrons. The summed E-state index contributed by atoms with van der Waals surface area (Å²) in [5, 5.41) is 0. The monoisotopic (exact) mass is 220 g/mol. The maximum absolute atomic E-state index is 11.6. The van der Waals surface area contributed by atoms with Crippen molar-refractivity contribution >= 4 is 11.2 Å². The van der Waals surface area contributed by atoms with Gasteiger partial charge in [-0.1, -0.05) is 13.8 Å². The summed E-state index contributed by atoms with van der Waals surface area (Å²) in [5.41, 5.74) is 2.18. The van der Waals surface area contributed by atoms with Crippen LogP contribution in [0.25, 0.3) is 11.2 Å². The minimum Gasteiger partial charge on any atom is -0.406 e. The van der Waals surface area contributed by atoms with Crippen LogP contribution < -0.4 is 5.76 Å². The van der Waals surface area contributed by atoms with E-state index in [9.17, 15) is 4.79 Å². The highest BCUT2D eigenvalue weighted by atomic mass is 16.4. The van der Waals surface area contributed by atoms with Crippen LogP contribution in [0.5, 0.6) is 0 Å². The third kappa shape index (κ3) is 1.64. The summed E-state index contributed by atoms with van der Waals surface area (Å²) < 4.78 is 6.72. The Bertz CT molecular complexity index is 564. The summed E-state index contributed by atoms with van der Waals surface area (Å²) >= 11 is 0. The zero-order valence-electron chi connectivity index (χ0n) is 10.0. The van der Waals surface area contributed by atoms with Gasteiger partial charge in [-0.15, -0.1) is 0 Å². The van der Waals surface area contributed by atoms with Crippen LogP contribution in [0.1, 0.15) is 45.3 Å². The summed E-state index contributed by atoms with van der Waals surface area (Å²) in [7, 11) is 0. The van der Waals surface area contributed by atoms with Gasteiger partial charge in [0, 0.05) is 11.7 Å². The highest BCUT2D eigenvalue weighted by Gasteiger charge is 2.14. The van der Waals surface area contributed by atoms with E-state index in [4.69, 9.17) is 4.42 Å². The molecule has 0 bridgehead atoms. The second kappa shape index (κ2) is 3.77. The second-order valence-corrected chi connectivity index (χ2v) is 4.54. The average Bonchev–Trinajstić information content (AvgIpc) is 2.51. The minimum atomic E-state index is -0.335. The SMILES string of the molecule is CC(C)c1ccc2oc(=O)n(C(C)C)c2n1. The van der Waals surface area contributed by atoms with Crippen LogP contribution in [0.15, 0.2) is 21.3 Å². The van der Waals surface area contributed by atoms with Crippen molar-refractivity contribution < 1.29 is 4.42 Å². The molecule has 2 rings (SSSR count). The number of nitrogens with zero attached hydrogens (tertiary/aromatic N) is 2. The predicted molar refractivity (Wildman–Crippen MR) is 62.7 cm³/mol. The lowest BCUT2D eigenvalue weighted by atomic mass is 10.1. The Morgan fingerprint density at radius 1 is 1.25 bits per heavy atom. The van der Waals surface area contributed by atoms with Crippen LogP contribution in [0.4, 0.5) is 0 Å². The summed E-state index contributed by atoms with van der Waals surface area (Å²) in [5.74, 6) is 0.00780.